The molecule has 150 valence electrons. The van der Waals surface area contributed by atoms with Gasteiger partial charge in [-0.25, -0.2) is 9.69 Å². The van der Waals surface area contributed by atoms with E-state index in [1.54, 1.807) is 0 Å². The van der Waals surface area contributed by atoms with Crippen LogP contribution in [0.4, 0.5) is 21.9 Å². The van der Waals surface area contributed by atoms with Gasteiger partial charge in [-0.05, 0) is 60.2 Å². The van der Waals surface area contributed by atoms with Crippen LogP contribution in [-0.2, 0) is 6.42 Å². The fourth-order valence-electron chi connectivity index (χ4n) is 3.94. The Morgan fingerprint density at radius 2 is 1.79 bits per heavy atom. The molecule has 0 aromatic heterocycles. The van der Waals surface area contributed by atoms with Gasteiger partial charge in [-0.15, -0.1) is 0 Å². The molecule has 0 spiro atoms. The van der Waals surface area contributed by atoms with Crippen LogP contribution in [0.5, 0.6) is 0 Å². The lowest BCUT2D eigenvalue weighted by molar-refractivity contribution is 0.205. The largest absolute Gasteiger partial charge is 0.464 e. The van der Waals surface area contributed by atoms with Crippen molar-refractivity contribution in [2.75, 3.05) is 22.9 Å². The zero-order chi connectivity index (χ0) is 20.1. The number of carboxylic acid groups (broad SMARTS) is 1. The molecule has 0 aliphatic carbocycles. The number of unbranched alkanes of at least 4 members (excludes halogenated alkanes) is 3. The maximum absolute atomic E-state index is 12.0. The van der Waals surface area contributed by atoms with Crippen LogP contribution in [0.15, 0.2) is 42.5 Å². The van der Waals surface area contributed by atoms with Crippen LogP contribution in [0, 0.1) is 0 Å². The summed E-state index contributed by atoms with van der Waals surface area (Å²) in [5.74, 6) is 0.427. The van der Waals surface area contributed by atoms with Crippen LogP contribution >= 0.6 is 0 Å². The van der Waals surface area contributed by atoms with Crippen LogP contribution in [0.25, 0.3) is 0 Å². The molecule has 0 radical (unpaired) electrons. The highest BCUT2D eigenvalue weighted by molar-refractivity contribution is 5.95. The molecule has 0 saturated heterocycles. The normalized spacial score (nSPS) is 13.1. The molecule has 2 aromatic carbocycles. The standard InChI is InChI=1S/C24H32N2O2/c1-4-5-6-7-15-25-16-14-20-17-22(12-13-23(20)25)26(24(27)28)21-10-8-19(9-11-21)18(2)3/h8-13,17-18H,4-7,14-16H2,1-3H3,(H,27,28). The summed E-state index contributed by atoms with van der Waals surface area (Å²) in [6, 6.07) is 13.9. The Morgan fingerprint density at radius 1 is 1.07 bits per heavy atom. The van der Waals surface area contributed by atoms with Crippen molar-refractivity contribution in [3.8, 4) is 0 Å². The molecule has 4 nitrogen and oxygen atoms in total. The number of benzene rings is 2. The van der Waals surface area contributed by atoms with Gasteiger partial charge >= 0.3 is 6.09 Å². The molecule has 1 aliphatic heterocycles. The minimum absolute atomic E-state index is 0.427. The molecule has 2 aromatic rings. The molecule has 0 bridgehead atoms. The smallest absolute Gasteiger partial charge is 0.416 e. The minimum Gasteiger partial charge on any atom is -0.464 e. The number of fused-ring (bicyclic) bond motifs is 1. The fourth-order valence-corrected chi connectivity index (χ4v) is 3.94. The number of nitrogens with zero attached hydrogens (tertiary/aromatic N) is 2. The SMILES string of the molecule is CCCCCCN1CCc2cc(N(C(=O)O)c3ccc(C(C)C)cc3)ccc21. The number of rotatable bonds is 8. The van der Waals surface area contributed by atoms with Crippen LogP contribution in [-0.4, -0.2) is 24.3 Å². The highest BCUT2D eigenvalue weighted by Crippen LogP contribution is 2.35. The summed E-state index contributed by atoms with van der Waals surface area (Å²) in [5, 5.41) is 9.84. The second kappa shape index (κ2) is 9.13. The number of hydrogen-bond donors (Lipinski definition) is 1. The molecular weight excluding hydrogens is 348 g/mol. The van der Waals surface area contributed by atoms with Gasteiger partial charge < -0.3 is 10.0 Å². The topological polar surface area (TPSA) is 43.8 Å². The Bertz CT molecular complexity index is 799. The maximum atomic E-state index is 12.0. The van der Waals surface area contributed by atoms with Crippen molar-refractivity contribution in [1.29, 1.82) is 0 Å². The van der Waals surface area contributed by atoms with Gasteiger partial charge in [-0.2, -0.15) is 0 Å². The molecule has 0 atom stereocenters. The van der Waals surface area contributed by atoms with Crippen LogP contribution < -0.4 is 9.80 Å². The molecule has 3 rings (SSSR count). The Kier molecular flexibility index (Phi) is 6.61. The van der Waals surface area contributed by atoms with E-state index in [0.717, 1.165) is 25.2 Å². The third kappa shape index (κ3) is 4.49. The van der Waals surface area contributed by atoms with E-state index in [-0.39, 0.29) is 0 Å². The molecule has 1 N–H and O–H groups in total. The third-order valence-electron chi connectivity index (χ3n) is 5.60. The lowest BCUT2D eigenvalue weighted by Gasteiger charge is -2.23. The Morgan fingerprint density at radius 3 is 2.43 bits per heavy atom. The highest BCUT2D eigenvalue weighted by Gasteiger charge is 2.23. The first-order valence-electron chi connectivity index (χ1n) is 10.5. The van der Waals surface area contributed by atoms with Gasteiger partial charge in [0.25, 0.3) is 0 Å². The summed E-state index contributed by atoms with van der Waals surface area (Å²) in [5.41, 5.74) is 5.13. The predicted octanol–water partition coefficient (Wildman–Crippen LogP) is 6.57. The van der Waals surface area contributed by atoms with E-state index in [0.29, 0.717) is 11.6 Å². The fraction of sp³-hybridized carbons (Fsp3) is 0.458. The molecule has 4 heteroatoms. The summed E-state index contributed by atoms with van der Waals surface area (Å²) >= 11 is 0. The maximum Gasteiger partial charge on any atom is 0.416 e. The van der Waals surface area contributed by atoms with Crippen molar-refractivity contribution in [2.45, 2.75) is 58.8 Å². The number of amides is 1. The first kappa shape index (κ1) is 20.2. The molecule has 0 unspecified atom stereocenters. The van der Waals surface area contributed by atoms with Crippen LogP contribution in [0.1, 0.15) is 63.5 Å². The van der Waals surface area contributed by atoms with Crippen molar-refractivity contribution in [3.63, 3.8) is 0 Å². The molecule has 28 heavy (non-hydrogen) atoms. The number of carbonyl (C=O) groups is 1. The summed E-state index contributed by atoms with van der Waals surface area (Å²) in [4.78, 5) is 15.8. The lowest BCUT2D eigenvalue weighted by Crippen LogP contribution is -2.24. The lowest BCUT2D eigenvalue weighted by atomic mass is 10.0. The predicted molar refractivity (Wildman–Crippen MR) is 117 cm³/mol. The van der Waals surface area contributed by atoms with Gasteiger partial charge in [0.1, 0.15) is 0 Å². The molecule has 1 aliphatic rings. The number of hydrogen-bond acceptors (Lipinski definition) is 2. The van der Waals surface area contributed by atoms with Gasteiger partial charge in [-0.3, -0.25) is 0 Å². The first-order valence-corrected chi connectivity index (χ1v) is 10.5. The van der Waals surface area contributed by atoms with E-state index in [4.69, 9.17) is 0 Å². The van der Waals surface area contributed by atoms with Crippen molar-refractivity contribution in [3.05, 3.63) is 53.6 Å². The molecule has 0 fully saturated rings. The van der Waals surface area contributed by atoms with Crippen LogP contribution in [0.2, 0.25) is 0 Å². The zero-order valence-electron chi connectivity index (χ0n) is 17.3. The first-order chi connectivity index (χ1) is 13.5. The van der Waals surface area contributed by atoms with Crippen LogP contribution in [0.3, 0.4) is 0 Å². The minimum atomic E-state index is -0.952. The average Bonchev–Trinajstić information content (AvgIpc) is 3.08. The highest BCUT2D eigenvalue weighted by atomic mass is 16.4. The molecular formula is C24H32N2O2. The van der Waals surface area contributed by atoms with Gasteiger partial charge in [0.05, 0.1) is 11.4 Å². The molecule has 1 heterocycles. The van der Waals surface area contributed by atoms with E-state index in [1.807, 2.05) is 36.4 Å². The van der Waals surface area contributed by atoms with Crippen molar-refractivity contribution >= 4 is 23.2 Å². The summed E-state index contributed by atoms with van der Waals surface area (Å²) in [6.07, 6.45) is 5.08. The number of anilines is 3. The van der Waals surface area contributed by atoms with E-state index < -0.39 is 6.09 Å². The molecule has 1 amide bonds. The molecule has 0 saturated carbocycles. The second-order valence-electron chi connectivity index (χ2n) is 7.97. The quantitative estimate of drug-likeness (QED) is 0.527. The third-order valence-corrected chi connectivity index (χ3v) is 5.60. The van der Waals surface area contributed by atoms with E-state index >= 15 is 0 Å². The average molecular weight is 381 g/mol. The van der Waals surface area contributed by atoms with E-state index in [9.17, 15) is 9.90 Å². The zero-order valence-corrected chi connectivity index (χ0v) is 17.3. The Labute approximate surface area is 168 Å². The van der Waals surface area contributed by atoms with Crippen molar-refractivity contribution in [1.82, 2.24) is 0 Å². The summed E-state index contributed by atoms with van der Waals surface area (Å²) in [6.45, 7) is 8.63. The van der Waals surface area contributed by atoms with E-state index in [1.165, 1.54) is 47.4 Å². The van der Waals surface area contributed by atoms with Gasteiger partial charge in [-0.1, -0.05) is 52.2 Å². The van der Waals surface area contributed by atoms with Gasteiger partial charge in [0, 0.05) is 18.8 Å². The van der Waals surface area contributed by atoms with Crippen molar-refractivity contribution in [2.24, 2.45) is 0 Å². The second-order valence-corrected chi connectivity index (χ2v) is 7.97. The summed E-state index contributed by atoms with van der Waals surface area (Å²) in [7, 11) is 0. The Balaban J connectivity index is 1.79. The summed E-state index contributed by atoms with van der Waals surface area (Å²) < 4.78 is 0. The monoisotopic (exact) mass is 380 g/mol. The Hall–Kier alpha value is -2.49. The van der Waals surface area contributed by atoms with Gasteiger partial charge in [0.2, 0.25) is 0 Å². The van der Waals surface area contributed by atoms with E-state index in [2.05, 4.69) is 31.7 Å². The van der Waals surface area contributed by atoms with Crippen molar-refractivity contribution < 1.29 is 9.90 Å². The van der Waals surface area contributed by atoms with Gasteiger partial charge in [0.15, 0.2) is 0 Å².